The SMILES string of the molecule is CCN(CCO)C(=O)c1ccc(Oc2ccc(C#N)cc2C)cc1. The quantitative estimate of drug-likeness (QED) is 0.886. The first-order valence-corrected chi connectivity index (χ1v) is 7.77. The second kappa shape index (κ2) is 8.14. The molecule has 0 aliphatic heterocycles. The normalized spacial score (nSPS) is 10.1. The predicted octanol–water partition coefficient (Wildman–Crippen LogP) is 3.11. The summed E-state index contributed by atoms with van der Waals surface area (Å²) in [7, 11) is 0. The molecule has 0 aliphatic rings. The number of hydrogen-bond donors (Lipinski definition) is 1. The van der Waals surface area contributed by atoms with Crippen LogP contribution in [0.1, 0.15) is 28.4 Å². The van der Waals surface area contributed by atoms with Crippen molar-refractivity contribution in [2.45, 2.75) is 13.8 Å². The van der Waals surface area contributed by atoms with Crippen LogP contribution in [0.15, 0.2) is 42.5 Å². The molecular weight excluding hydrogens is 304 g/mol. The number of aliphatic hydroxyl groups is 1. The van der Waals surface area contributed by atoms with E-state index in [0.29, 0.717) is 35.7 Å². The highest BCUT2D eigenvalue weighted by atomic mass is 16.5. The summed E-state index contributed by atoms with van der Waals surface area (Å²) in [5, 5.41) is 17.9. The van der Waals surface area contributed by atoms with Crippen LogP contribution in [0.25, 0.3) is 0 Å². The molecular formula is C19H20N2O3. The lowest BCUT2D eigenvalue weighted by Crippen LogP contribution is -2.33. The Hall–Kier alpha value is -2.84. The highest BCUT2D eigenvalue weighted by Crippen LogP contribution is 2.26. The minimum absolute atomic E-state index is 0.0568. The second-order valence-corrected chi connectivity index (χ2v) is 5.33. The van der Waals surface area contributed by atoms with Crippen molar-refractivity contribution < 1.29 is 14.6 Å². The molecule has 5 heteroatoms. The Morgan fingerprint density at radius 2 is 1.96 bits per heavy atom. The molecule has 2 aromatic rings. The Morgan fingerprint density at radius 1 is 1.25 bits per heavy atom. The number of rotatable bonds is 6. The van der Waals surface area contributed by atoms with Gasteiger partial charge in [0.1, 0.15) is 11.5 Å². The summed E-state index contributed by atoms with van der Waals surface area (Å²) in [5.74, 6) is 1.17. The minimum atomic E-state index is -0.118. The fraction of sp³-hybridized carbons (Fsp3) is 0.263. The lowest BCUT2D eigenvalue weighted by molar-refractivity contribution is 0.0732. The van der Waals surface area contributed by atoms with E-state index in [4.69, 9.17) is 15.1 Å². The van der Waals surface area contributed by atoms with Gasteiger partial charge in [-0.25, -0.2) is 0 Å². The molecule has 2 aromatic carbocycles. The van der Waals surface area contributed by atoms with Gasteiger partial charge in [-0.15, -0.1) is 0 Å². The third-order valence-corrected chi connectivity index (χ3v) is 3.67. The molecule has 1 N–H and O–H groups in total. The maximum absolute atomic E-state index is 12.3. The Kier molecular flexibility index (Phi) is 5.94. The number of amides is 1. The highest BCUT2D eigenvalue weighted by Gasteiger charge is 2.13. The molecule has 124 valence electrons. The second-order valence-electron chi connectivity index (χ2n) is 5.33. The minimum Gasteiger partial charge on any atom is -0.457 e. The van der Waals surface area contributed by atoms with Crippen LogP contribution in [0, 0.1) is 18.3 Å². The van der Waals surface area contributed by atoms with Gasteiger partial charge in [0.2, 0.25) is 0 Å². The van der Waals surface area contributed by atoms with Gasteiger partial charge in [0.15, 0.2) is 0 Å². The summed E-state index contributed by atoms with van der Waals surface area (Å²) in [6.07, 6.45) is 0. The number of benzene rings is 2. The molecule has 5 nitrogen and oxygen atoms in total. The molecule has 0 heterocycles. The van der Waals surface area contributed by atoms with Crippen molar-refractivity contribution in [1.29, 1.82) is 5.26 Å². The summed E-state index contributed by atoms with van der Waals surface area (Å²) >= 11 is 0. The molecule has 0 fully saturated rings. The molecule has 0 atom stereocenters. The molecule has 0 aliphatic carbocycles. The zero-order valence-corrected chi connectivity index (χ0v) is 13.8. The van der Waals surface area contributed by atoms with Crippen LogP contribution in [0.2, 0.25) is 0 Å². The van der Waals surface area contributed by atoms with Crippen molar-refractivity contribution in [3.8, 4) is 17.6 Å². The van der Waals surface area contributed by atoms with Crippen LogP contribution in [0.5, 0.6) is 11.5 Å². The Morgan fingerprint density at radius 3 is 2.50 bits per heavy atom. The van der Waals surface area contributed by atoms with E-state index in [1.54, 1.807) is 47.4 Å². The lowest BCUT2D eigenvalue weighted by atomic mass is 10.1. The topological polar surface area (TPSA) is 73.6 Å². The van der Waals surface area contributed by atoms with E-state index in [0.717, 1.165) is 5.56 Å². The van der Waals surface area contributed by atoms with Crippen molar-refractivity contribution in [3.05, 3.63) is 59.2 Å². The number of hydrogen-bond acceptors (Lipinski definition) is 4. The Balaban J connectivity index is 2.12. The number of carbonyl (C=O) groups is 1. The smallest absolute Gasteiger partial charge is 0.253 e. The van der Waals surface area contributed by atoms with Crippen LogP contribution in [-0.4, -0.2) is 35.6 Å². The monoisotopic (exact) mass is 324 g/mol. The lowest BCUT2D eigenvalue weighted by Gasteiger charge is -2.19. The molecule has 0 bridgehead atoms. The average molecular weight is 324 g/mol. The number of ether oxygens (including phenoxy) is 1. The van der Waals surface area contributed by atoms with E-state index in [1.165, 1.54) is 0 Å². The highest BCUT2D eigenvalue weighted by molar-refractivity contribution is 5.94. The summed E-state index contributed by atoms with van der Waals surface area (Å²) in [5.41, 5.74) is 2.01. The van der Waals surface area contributed by atoms with Gasteiger partial charge >= 0.3 is 0 Å². The number of likely N-dealkylation sites (N-methyl/N-ethyl adjacent to an activating group) is 1. The molecule has 2 rings (SSSR count). The predicted molar refractivity (Wildman–Crippen MR) is 91.1 cm³/mol. The van der Waals surface area contributed by atoms with Crippen LogP contribution >= 0.6 is 0 Å². The van der Waals surface area contributed by atoms with Crippen LogP contribution in [0.3, 0.4) is 0 Å². The number of nitrogens with zero attached hydrogens (tertiary/aromatic N) is 2. The largest absolute Gasteiger partial charge is 0.457 e. The van der Waals surface area contributed by atoms with Gasteiger partial charge in [0.25, 0.3) is 5.91 Å². The van der Waals surface area contributed by atoms with Gasteiger partial charge in [0.05, 0.1) is 18.2 Å². The summed E-state index contributed by atoms with van der Waals surface area (Å²) in [4.78, 5) is 13.9. The zero-order chi connectivity index (χ0) is 17.5. The molecule has 24 heavy (non-hydrogen) atoms. The zero-order valence-electron chi connectivity index (χ0n) is 13.8. The van der Waals surface area contributed by atoms with Crippen molar-refractivity contribution in [3.63, 3.8) is 0 Å². The summed E-state index contributed by atoms with van der Waals surface area (Å²) < 4.78 is 5.80. The molecule has 1 amide bonds. The molecule has 0 saturated heterocycles. The van der Waals surface area contributed by atoms with E-state index < -0.39 is 0 Å². The fourth-order valence-corrected chi connectivity index (χ4v) is 2.33. The Bertz CT molecular complexity index is 748. The van der Waals surface area contributed by atoms with E-state index >= 15 is 0 Å². The summed E-state index contributed by atoms with van der Waals surface area (Å²) in [6, 6.07) is 14.2. The molecule has 0 radical (unpaired) electrons. The number of aliphatic hydroxyl groups excluding tert-OH is 1. The first kappa shape index (κ1) is 17.5. The van der Waals surface area contributed by atoms with Gasteiger partial charge in [0, 0.05) is 18.7 Å². The number of nitriles is 1. The standard InChI is InChI=1S/C19H20N2O3/c1-3-21(10-11-22)19(23)16-5-7-17(8-6-16)24-18-9-4-15(13-20)12-14(18)2/h4-9,12,22H,3,10-11H2,1-2H3. The molecule has 0 spiro atoms. The van der Waals surface area contributed by atoms with Gasteiger partial charge in [-0.1, -0.05) is 0 Å². The van der Waals surface area contributed by atoms with Crippen LogP contribution in [0.4, 0.5) is 0 Å². The van der Waals surface area contributed by atoms with Gasteiger partial charge in [-0.05, 0) is 61.9 Å². The van der Waals surface area contributed by atoms with Gasteiger partial charge in [-0.3, -0.25) is 4.79 Å². The summed E-state index contributed by atoms with van der Waals surface area (Å²) in [6.45, 7) is 4.56. The third kappa shape index (κ3) is 4.12. The maximum Gasteiger partial charge on any atom is 0.253 e. The van der Waals surface area contributed by atoms with Crippen LogP contribution in [-0.2, 0) is 0 Å². The van der Waals surface area contributed by atoms with E-state index in [1.807, 2.05) is 13.8 Å². The number of aryl methyl sites for hydroxylation is 1. The van der Waals surface area contributed by atoms with E-state index in [2.05, 4.69) is 6.07 Å². The number of carbonyl (C=O) groups excluding carboxylic acids is 1. The van der Waals surface area contributed by atoms with Crippen molar-refractivity contribution >= 4 is 5.91 Å². The van der Waals surface area contributed by atoms with Gasteiger partial charge < -0.3 is 14.7 Å². The van der Waals surface area contributed by atoms with Gasteiger partial charge in [-0.2, -0.15) is 5.26 Å². The molecule has 0 unspecified atom stereocenters. The molecule has 0 aromatic heterocycles. The third-order valence-electron chi connectivity index (χ3n) is 3.67. The van der Waals surface area contributed by atoms with E-state index in [9.17, 15) is 4.79 Å². The first-order valence-electron chi connectivity index (χ1n) is 7.77. The maximum atomic E-state index is 12.3. The average Bonchev–Trinajstić information content (AvgIpc) is 2.61. The van der Waals surface area contributed by atoms with Crippen molar-refractivity contribution in [2.75, 3.05) is 19.7 Å². The molecule has 0 saturated carbocycles. The fourth-order valence-electron chi connectivity index (χ4n) is 2.33. The van der Waals surface area contributed by atoms with E-state index in [-0.39, 0.29) is 12.5 Å². The first-order chi connectivity index (χ1) is 11.6. The van der Waals surface area contributed by atoms with Crippen molar-refractivity contribution in [1.82, 2.24) is 4.90 Å². The van der Waals surface area contributed by atoms with Crippen molar-refractivity contribution in [2.24, 2.45) is 0 Å². The Labute approximate surface area is 141 Å². The van der Waals surface area contributed by atoms with Crippen LogP contribution < -0.4 is 4.74 Å².